The topological polar surface area (TPSA) is 111 Å². The molecule has 0 spiro atoms. The van der Waals surface area contributed by atoms with Crippen LogP contribution >= 0.6 is 12.4 Å². The fraction of sp³-hybridized carbons (Fsp3) is 0.588. The first-order chi connectivity index (χ1) is 12.0. The molecule has 0 saturated carbocycles. The highest BCUT2D eigenvalue weighted by Gasteiger charge is 2.36. The van der Waals surface area contributed by atoms with Crippen LogP contribution < -0.4 is 19.9 Å². The fourth-order valence-corrected chi connectivity index (χ4v) is 3.64. The summed E-state index contributed by atoms with van der Waals surface area (Å²) in [4.78, 5) is 14.7. The van der Waals surface area contributed by atoms with Gasteiger partial charge in [0, 0.05) is 24.7 Å². The first-order valence-electron chi connectivity index (χ1n) is 8.27. The molecule has 8 nitrogen and oxygen atoms in total. The Kier molecular flexibility index (Phi) is 7.37. The van der Waals surface area contributed by atoms with Crippen molar-refractivity contribution in [2.75, 3.05) is 38.3 Å². The van der Waals surface area contributed by atoms with Crippen LogP contribution in [0.3, 0.4) is 0 Å². The largest absolute Gasteiger partial charge is 0.493 e. The molecule has 1 heterocycles. The molecule has 1 amide bonds. The van der Waals surface area contributed by atoms with Crippen LogP contribution in [0.5, 0.6) is 11.5 Å². The number of anilines is 1. The first-order valence-corrected chi connectivity index (χ1v) is 10.2. The van der Waals surface area contributed by atoms with Gasteiger partial charge in [-0.15, -0.1) is 12.4 Å². The summed E-state index contributed by atoms with van der Waals surface area (Å²) in [7, 11) is -0.721. The van der Waals surface area contributed by atoms with Crippen LogP contribution in [0.1, 0.15) is 30.6 Å². The number of methoxy groups -OCH3 is 2. The average molecular weight is 422 g/mol. The molecule has 154 valence electrons. The van der Waals surface area contributed by atoms with Gasteiger partial charge < -0.3 is 20.1 Å². The number of benzene rings is 1. The highest BCUT2D eigenvalue weighted by Crippen LogP contribution is 2.38. The van der Waals surface area contributed by atoms with Gasteiger partial charge in [0.15, 0.2) is 11.5 Å². The summed E-state index contributed by atoms with van der Waals surface area (Å²) in [5.41, 5.74) is 6.42. The summed E-state index contributed by atoms with van der Waals surface area (Å²) < 4.78 is 36.2. The van der Waals surface area contributed by atoms with Gasteiger partial charge in [0.2, 0.25) is 10.0 Å². The third-order valence-corrected chi connectivity index (χ3v) is 5.21. The number of rotatable bonds is 5. The highest BCUT2D eigenvalue weighted by molar-refractivity contribution is 7.92. The van der Waals surface area contributed by atoms with Crippen molar-refractivity contribution in [1.29, 1.82) is 0 Å². The number of hydrogen-bond donors (Lipinski definition) is 2. The van der Waals surface area contributed by atoms with Gasteiger partial charge in [0.05, 0.1) is 26.2 Å². The molecule has 1 atom stereocenters. The Hall–Kier alpha value is -1.71. The third kappa shape index (κ3) is 5.40. The molecule has 1 aliphatic rings. The van der Waals surface area contributed by atoms with Crippen molar-refractivity contribution in [3.05, 3.63) is 17.7 Å². The van der Waals surface area contributed by atoms with Crippen molar-refractivity contribution in [3.8, 4) is 11.5 Å². The van der Waals surface area contributed by atoms with Crippen molar-refractivity contribution in [1.82, 2.24) is 4.90 Å². The Labute approximate surface area is 166 Å². The number of likely N-dealkylation sites (tertiary alicyclic amines) is 1. The van der Waals surface area contributed by atoms with E-state index in [1.54, 1.807) is 11.0 Å². The van der Waals surface area contributed by atoms with E-state index in [1.165, 1.54) is 20.3 Å². The number of nitrogens with two attached hydrogens (primary N) is 1. The molecular formula is C17H28ClN3O5S. The second kappa shape index (κ2) is 8.53. The lowest BCUT2D eigenvalue weighted by Gasteiger charge is -2.42. The zero-order chi connectivity index (χ0) is 19.7. The van der Waals surface area contributed by atoms with E-state index in [0.717, 1.165) is 6.26 Å². The number of carbonyl (C=O) groups excluding carboxylic acids is 1. The molecule has 1 fully saturated rings. The van der Waals surface area contributed by atoms with E-state index in [9.17, 15) is 13.2 Å². The Morgan fingerprint density at radius 1 is 1.30 bits per heavy atom. The highest BCUT2D eigenvalue weighted by atomic mass is 35.5. The number of amides is 1. The van der Waals surface area contributed by atoms with Gasteiger partial charge >= 0.3 is 0 Å². The standard InChI is InChI=1S/C17H27N3O5S.ClH/c1-17(2)10-20(7-6-14(17)18)16(21)11-8-12(19-26(5,22)23)15(25-4)13(9-11)24-3;/h8-9,14,19H,6-7,10,18H2,1-5H3;1H. The summed E-state index contributed by atoms with van der Waals surface area (Å²) in [6.07, 6.45) is 1.74. The molecular weight excluding hydrogens is 394 g/mol. The number of piperidine rings is 1. The van der Waals surface area contributed by atoms with Crippen LogP contribution in [-0.4, -0.2) is 58.8 Å². The molecule has 1 saturated heterocycles. The van der Waals surface area contributed by atoms with Crippen molar-refractivity contribution in [2.24, 2.45) is 11.1 Å². The average Bonchev–Trinajstić information content (AvgIpc) is 2.54. The van der Waals surface area contributed by atoms with Gasteiger partial charge in [-0.05, 0) is 24.0 Å². The van der Waals surface area contributed by atoms with Gasteiger partial charge in [-0.3, -0.25) is 9.52 Å². The number of halogens is 1. The predicted molar refractivity (Wildman–Crippen MR) is 108 cm³/mol. The molecule has 0 aliphatic carbocycles. The van der Waals surface area contributed by atoms with Gasteiger partial charge in [-0.1, -0.05) is 13.8 Å². The number of nitrogens with zero attached hydrogens (tertiary/aromatic N) is 1. The molecule has 0 aromatic heterocycles. The number of sulfonamides is 1. The Balaban J connectivity index is 0.00000364. The van der Waals surface area contributed by atoms with E-state index in [1.807, 2.05) is 13.8 Å². The molecule has 10 heteroatoms. The number of hydrogen-bond acceptors (Lipinski definition) is 6. The van der Waals surface area contributed by atoms with E-state index < -0.39 is 10.0 Å². The summed E-state index contributed by atoms with van der Waals surface area (Å²) in [6, 6.07) is 3.04. The summed E-state index contributed by atoms with van der Waals surface area (Å²) in [5.74, 6) is 0.287. The third-order valence-electron chi connectivity index (χ3n) is 4.62. The molecule has 27 heavy (non-hydrogen) atoms. The molecule has 0 bridgehead atoms. The minimum Gasteiger partial charge on any atom is -0.493 e. The summed E-state index contributed by atoms with van der Waals surface area (Å²) in [6.45, 7) is 5.13. The van der Waals surface area contributed by atoms with E-state index in [0.29, 0.717) is 25.1 Å². The van der Waals surface area contributed by atoms with Crippen molar-refractivity contribution in [3.63, 3.8) is 0 Å². The molecule has 2 rings (SSSR count). The van der Waals surface area contributed by atoms with Gasteiger partial charge in [-0.2, -0.15) is 0 Å². The minimum absolute atomic E-state index is 0. The molecule has 3 N–H and O–H groups in total. The Morgan fingerprint density at radius 2 is 1.93 bits per heavy atom. The normalized spacial score (nSPS) is 19.0. The van der Waals surface area contributed by atoms with Crippen LogP contribution in [0.25, 0.3) is 0 Å². The lowest BCUT2D eigenvalue weighted by Crippen LogP contribution is -2.54. The maximum absolute atomic E-state index is 13.0. The van der Waals surface area contributed by atoms with Crippen LogP contribution in [-0.2, 0) is 10.0 Å². The lowest BCUT2D eigenvalue weighted by atomic mass is 9.79. The van der Waals surface area contributed by atoms with E-state index in [-0.39, 0.29) is 47.0 Å². The van der Waals surface area contributed by atoms with E-state index >= 15 is 0 Å². The van der Waals surface area contributed by atoms with Crippen molar-refractivity contribution < 1.29 is 22.7 Å². The SMILES string of the molecule is COc1cc(C(=O)N2CCC(N)C(C)(C)C2)cc(NS(C)(=O)=O)c1OC.Cl. The molecule has 1 aromatic rings. The first kappa shape index (κ1) is 23.3. The Morgan fingerprint density at radius 3 is 2.41 bits per heavy atom. The minimum atomic E-state index is -3.55. The molecule has 0 radical (unpaired) electrons. The van der Waals surface area contributed by atoms with Crippen molar-refractivity contribution >= 4 is 34.0 Å². The maximum Gasteiger partial charge on any atom is 0.254 e. The number of ether oxygens (including phenoxy) is 2. The second-order valence-corrected chi connectivity index (χ2v) is 8.99. The molecule has 1 aliphatic heterocycles. The number of nitrogens with one attached hydrogen (secondary N) is 1. The zero-order valence-electron chi connectivity index (χ0n) is 16.2. The zero-order valence-corrected chi connectivity index (χ0v) is 17.9. The van der Waals surface area contributed by atoms with Crippen LogP contribution in [0.15, 0.2) is 12.1 Å². The quantitative estimate of drug-likeness (QED) is 0.748. The van der Waals surface area contributed by atoms with Crippen molar-refractivity contribution in [2.45, 2.75) is 26.3 Å². The van der Waals surface area contributed by atoms with Crippen LogP contribution in [0.4, 0.5) is 5.69 Å². The van der Waals surface area contributed by atoms with E-state index in [2.05, 4.69) is 4.72 Å². The number of carbonyl (C=O) groups is 1. The van der Waals surface area contributed by atoms with Crippen LogP contribution in [0, 0.1) is 5.41 Å². The predicted octanol–water partition coefficient (Wildman–Crippen LogP) is 1.70. The van der Waals surface area contributed by atoms with Gasteiger partial charge in [0.1, 0.15) is 0 Å². The summed E-state index contributed by atoms with van der Waals surface area (Å²) in [5, 5.41) is 0. The monoisotopic (exact) mass is 421 g/mol. The van der Waals surface area contributed by atoms with E-state index in [4.69, 9.17) is 15.2 Å². The smallest absolute Gasteiger partial charge is 0.254 e. The van der Waals surface area contributed by atoms with Crippen LogP contribution in [0.2, 0.25) is 0 Å². The Bertz CT molecular complexity index is 798. The second-order valence-electron chi connectivity index (χ2n) is 7.24. The maximum atomic E-state index is 13.0. The summed E-state index contributed by atoms with van der Waals surface area (Å²) >= 11 is 0. The van der Waals surface area contributed by atoms with Gasteiger partial charge in [0.25, 0.3) is 5.91 Å². The fourth-order valence-electron chi connectivity index (χ4n) is 3.09. The van der Waals surface area contributed by atoms with Gasteiger partial charge in [-0.25, -0.2) is 8.42 Å². The lowest BCUT2D eigenvalue weighted by molar-refractivity contribution is 0.0532. The molecule has 1 aromatic carbocycles. The molecule has 1 unspecified atom stereocenters.